The van der Waals surface area contributed by atoms with Gasteiger partial charge in [-0.2, -0.15) is 0 Å². The molecule has 3 rings (SSSR count). The summed E-state index contributed by atoms with van der Waals surface area (Å²) in [6, 6.07) is 5.46. The van der Waals surface area contributed by atoms with Crippen LogP contribution in [0.15, 0.2) is 35.1 Å². The van der Waals surface area contributed by atoms with Crippen LogP contribution in [0, 0.1) is 0 Å². The Labute approximate surface area is 133 Å². The fraction of sp³-hybridized carbons (Fsp3) is 0.154. The number of carbonyl (C=O) groups is 1. The Morgan fingerprint density at radius 2 is 2.33 bits per heavy atom. The minimum atomic E-state index is -0.866. The Morgan fingerprint density at radius 1 is 1.48 bits per heavy atom. The maximum absolute atomic E-state index is 10.8. The molecule has 0 atom stereocenters. The molecule has 0 aliphatic heterocycles. The summed E-state index contributed by atoms with van der Waals surface area (Å²) in [7, 11) is 0. The molecule has 0 bridgehead atoms. The van der Waals surface area contributed by atoms with Crippen molar-refractivity contribution in [1.29, 1.82) is 0 Å². The molecule has 0 radical (unpaired) electrons. The normalized spacial score (nSPS) is 11.1. The van der Waals surface area contributed by atoms with Gasteiger partial charge in [-0.05, 0) is 18.2 Å². The lowest BCUT2D eigenvalue weighted by molar-refractivity contribution is -0.133. The van der Waals surface area contributed by atoms with Gasteiger partial charge >= 0.3 is 5.97 Å². The zero-order valence-corrected chi connectivity index (χ0v) is 13.1. The van der Waals surface area contributed by atoms with E-state index in [1.165, 1.54) is 11.8 Å². The number of rotatable bonds is 5. The number of hydrogen-bond acceptors (Lipinski definition) is 5. The van der Waals surface area contributed by atoms with Gasteiger partial charge in [-0.3, -0.25) is 9.78 Å². The summed E-state index contributed by atoms with van der Waals surface area (Å²) < 4.78 is 1.97. The van der Waals surface area contributed by atoms with Crippen molar-refractivity contribution in [2.75, 3.05) is 5.75 Å². The van der Waals surface area contributed by atoms with Crippen LogP contribution in [-0.4, -0.2) is 31.4 Å². The van der Waals surface area contributed by atoms with Gasteiger partial charge in [0.1, 0.15) is 0 Å². The molecule has 0 saturated carbocycles. The van der Waals surface area contributed by atoms with Crippen molar-refractivity contribution < 1.29 is 9.90 Å². The van der Waals surface area contributed by atoms with Crippen molar-refractivity contribution in [3.05, 3.63) is 39.8 Å². The summed E-state index contributed by atoms with van der Waals surface area (Å²) in [5, 5.41) is 10.2. The molecular weight excluding hydrogens is 330 g/mol. The van der Waals surface area contributed by atoms with E-state index >= 15 is 0 Å². The highest BCUT2D eigenvalue weighted by Gasteiger charge is 2.14. The van der Waals surface area contributed by atoms with E-state index in [-0.39, 0.29) is 5.75 Å². The highest BCUT2D eigenvalue weighted by atomic mass is 35.5. The number of hydrogen-bond donors (Lipinski definition) is 1. The number of carboxylic acids is 1. The fourth-order valence-electron chi connectivity index (χ4n) is 1.94. The lowest BCUT2D eigenvalue weighted by atomic mass is 10.3. The molecule has 108 valence electrons. The van der Waals surface area contributed by atoms with Crippen molar-refractivity contribution in [3.63, 3.8) is 0 Å². The fourth-order valence-corrected chi connectivity index (χ4v) is 3.42. The van der Waals surface area contributed by atoms with E-state index in [2.05, 4.69) is 9.97 Å². The predicted molar refractivity (Wildman–Crippen MR) is 84.3 cm³/mol. The van der Waals surface area contributed by atoms with Crippen LogP contribution in [-0.2, 0) is 11.3 Å². The van der Waals surface area contributed by atoms with E-state index in [1.54, 1.807) is 29.1 Å². The van der Waals surface area contributed by atoms with Crippen molar-refractivity contribution in [3.8, 4) is 0 Å². The van der Waals surface area contributed by atoms with Crippen LogP contribution in [0.25, 0.3) is 11.0 Å². The first kappa shape index (κ1) is 14.4. The first-order chi connectivity index (χ1) is 10.1. The van der Waals surface area contributed by atoms with E-state index in [0.29, 0.717) is 16.7 Å². The van der Waals surface area contributed by atoms with Gasteiger partial charge in [-0.25, -0.2) is 4.98 Å². The first-order valence-electron chi connectivity index (χ1n) is 6.01. The molecule has 0 unspecified atom stereocenters. The van der Waals surface area contributed by atoms with Crippen LogP contribution >= 0.6 is 34.7 Å². The van der Waals surface area contributed by atoms with E-state index < -0.39 is 5.97 Å². The molecule has 2 aromatic heterocycles. The smallest absolute Gasteiger partial charge is 0.313 e. The Bertz CT molecular complexity index is 786. The van der Waals surface area contributed by atoms with Gasteiger partial charge < -0.3 is 9.67 Å². The number of nitrogens with zero attached hydrogens (tertiary/aromatic N) is 3. The van der Waals surface area contributed by atoms with Gasteiger partial charge in [0, 0.05) is 16.1 Å². The number of carboxylic acid groups (broad SMARTS) is 1. The maximum atomic E-state index is 10.8. The molecule has 1 aromatic carbocycles. The molecule has 5 nitrogen and oxygen atoms in total. The van der Waals surface area contributed by atoms with Crippen LogP contribution < -0.4 is 0 Å². The topological polar surface area (TPSA) is 68.0 Å². The Morgan fingerprint density at radius 3 is 3.05 bits per heavy atom. The average molecular weight is 340 g/mol. The standard InChI is InChI=1S/C13H10ClN3O2S2/c14-8-1-2-10-11(3-8)17(5-9-4-15-7-21-9)13(16-10)20-6-12(18)19/h1-4,7H,5-6H2,(H,18,19). The summed E-state index contributed by atoms with van der Waals surface area (Å²) in [5.74, 6) is -0.894. The van der Waals surface area contributed by atoms with Crippen molar-refractivity contribution in [2.45, 2.75) is 11.7 Å². The summed E-state index contributed by atoms with van der Waals surface area (Å²) >= 11 is 8.81. The third-order valence-corrected chi connectivity index (χ3v) is 4.76. The molecule has 0 saturated heterocycles. The summed E-state index contributed by atoms with van der Waals surface area (Å²) in [4.78, 5) is 20.4. The van der Waals surface area contributed by atoms with Gasteiger partial charge in [0.2, 0.25) is 0 Å². The lowest BCUT2D eigenvalue weighted by Gasteiger charge is -2.06. The second kappa shape index (κ2) is 6.05. The number of thioether (sulfide) groups is 1. The second-order valence-electron chi connectivity index (χ2n) is 4.26. The minimum Gasteiger partial charge on any atom is -0.481 e. The molecule has 0 spiro atoms. The Balaban J connectivity index is 2.04. The first-order valence-corrected chi connectivity index (χ1v) is 8.25. The highest BCUT2D eigenvalue weighted by molar-refractivity contribution is 7.99. The quantitative estimate of drug-likeness (QED) is 0.722. The number of halogens is 1. The van der Waals surface area contributed by atoms with Gasteiger partial charge in [-0.1, -0.05) is 23.4 Å². The number of benzene rings is 1. The SMILES string of the molecule is O=C(O)CSc1nc2ccc(Cl)cc2n1Cc1cncs1. The monoisotopic (exact) mass is 339 g/mol. The largest absolute Gasteiger partial charge is 0.481 e. The second-order valence-corrected chi connectivity index (χ2v) is 6.61. The molecule has 3 aromatic rings. The van der Waals surface area contributed by atoms with E-state index in [1.807, 2.05) is 16.7 Å². The zero-order valence-electron chi connectivity index (χ0n) is 10.7. The Kier molecular flexibility index (Phi) is 4.14. The molecule has 21 heavy (non-hydrogen) atoms. The predicted octanol–water partition coefficient (Wildman–Crippen LogP) is 3.37. The zero-order chi connectivity index (χ0) is 14.8. The molecule has 8 heteroatoms. The number of imidazole rings is 1. The third-order valence-electron chi connectivity index (χ3n) is 2.80. The molecule has 0 aliphatic carbocycles. The van der Waals surface area contributed by atoms with Crippen molar-refractivity contribution in [2.24, 2.45) is 0 Å². The van der Waals surface area contributed by atoms with Gasteiger partial charge in [0.05, 0.1) is 28.8 Å². The van der Waals surface area contributed by atoms with E-state index in [4.69, 9.17) is 16.7 Å². The van der Waals surface area contributed by atoms with Crippen molar-refractivity contribution >= 4 is 51.7 Å². The molecule has 0 aliphatic rings. The van der Waals surface area contributed by atoms with Crippen LogP contribution in [0.4, 0.5) is 0 Å². The average Bonchev–Trinajstić information content (AvgIpc) is 3.06. The third kappa shape index (κ3) is 3.20. The number of aromatic nitrogens is 3. The summed E-state index contributed by atoms with van der Waals surface area (Å²) in [5.41, 5.74) is 3.46. The Hall–Kier alpha value is -1.57. The minimum absolute atomic E-state index is 0.0280. The summed E-state index contributed by atoms with van der Waals surface area (Å²) in [6.45, 7) is 0.601. The van der Waals surface area contributed by atoms with Gasteiger partial charge in [-0.15, -0.1) is 11.3 Å². The molecule has 1 N–H and O–H groups in total. The molecule has 0 amide bonds. The van der Waals surface area contributed by atoms with Crippen molar-refractivity contribution in [1.82, 2.24) is 14.5 Å². The van der Waals surface area contributed by atoms with E-state index in [9.17, 15) is 4.79 Å². The number of aliphatic carboxylic acids is 1. The maximum Gasteiger partial charge on any atom is 0.313 e. The highest BCUT2D eigenvalue weighted by Crippen LogP contribution is 2.27. The van der Waals surface area contributed by atoms with Crippen LogP contribution in [0.1, 0.15) is 4.88 Å². The van der Waals surface area contributed by atoms with Crippen LogP contribution in [0.5, 0.6) is 0 Å². The molecular formula is C13H10ClN3O2S2. The van der Waals surface area contributed by atoms with Crippen LogP contribution in [0.3, 0.4) is 0 Å². The molecule has 2 heterocycles. The number of thiazole rings is 1. The molecule has 0 fully saturated rings. The lowest BCUT2D eigenvalue weighted by Crippen LogP contribution is -2.03. The number of fused-ring (bicyclic) bond motifs is 1. The van der Waals surface area contributed by atoms with Gasteiger partial charge in [0.15, 0.2) is 5.16 Å². The summed E-state index contributed by atoms with van der Waals surface area (Å²) in [6.07, 6.45) is 1.80. The van der Waals surface area contributed by atoms with Crippen LogP contribution in [0.2, 0.25) is 5.02 Å². The van der Waals surface area contributed by atoms with E-state index in [0.717, 1.165) is 15.9 Å². The van der Waals surface area contributed by atoms with Gasteiger partial charge in [0.25, 0.3) is 0 Å².